The van der Waals surface area contributed by atoms with Gasteiger partial charge in [-0.05, 0) is 61.5 Å². The number of benzene rings is 2. The van der Waals surface area contributed by atoms with Gasteiger partial charge in [0.05, 0.1) is 14.2 Å². The van der Waals surface area contributed by atoms with Gasteiger partial charge in [-0.3, -0.25) is 9.69 Å². The van der Waals surface area contributed by atoms with Crippen LogP contribution in [-0.4, -0.2) is 43.7 Å². The summed E-state index contributed by atoms with van der Waals surface area (Å²) in [7, 11) is 3.07. The van der Waals surface area contributed by atoms with E-state index < -0.39 is 11.5 Å². The van der Waals surface area contributed by atoms with Crippen LogP contribution in [0.1, 0.15) is 40.7 Å². The van der Waals surface area contributed by atoms with E-state index in [1.807, 2.05) is 6.07 Å². The van der Waals surface area contributed by atoms with E-state index in [1.165, 1.54) is 12.7 Å². The molecule has 0 bridgehead atoms. The highest BCUT2D eigenvalue weighted by atomic mass is 35.5. The van der Waals surface area contributed by atoms with Crippen LogP contribution in [0, 0.1) is 5.92 Å². The van der Waals surface area contributed by atoms with Crippen molar-refractivity contribution in [2.75, 3.05) is 27.3 Å². The van der Waals surface area contributed by atoms with E-state index in [0.29, 0.717) is 23.5 Å². The van der Waals surface area contributed by atoms with Crippen LogP contribution in [0.2, 0.25) is 0 Å². The fourth-order valence-corrected chi connectivity index (χ4v) is 4.71. The lowest BCUT2D eigenvalue weighted by molar-refractivity contribution is 0.0587. The molecule has 30 heavy (non-hydrogen) atoms. The lowest BCUT2D eigenvalue weighted by atomic mass is 9.83. The maximum Gasteiger partial charge on any atom is 0.200 e. The number of carbonyl (C=O) groups is 1. The van der Waals surface area contributed by atoms with Gasteiger partial charge in [0.2, 0.25) is 5.78 Å². The quantitative estimate of drug-likeness (QED) is 0.651. The SMILES string of the molecule is COc1cc2c(cc1OC)C(=O)C(F)(CC1CCN(Cc3ccccc3)CC1)C2.Cl. The summed E-state index contributed by atoms with van der Waals surface area (Å²) in [6, 6.07) is 13.8. The number of alkyl halides is 1. The van der Waals surface area contributed by atoms with Crippen LogP contribution in [0.15, 0.2) is 42.5 Å². The van der Waals surface area contributed by atoms with Crippen LogP contribution in [-0.2, 0) is 13.0 Å². The summed E-state index contributed by atoms with van der Waals surface area (Å²) in [5.41, 5.74) is 0.645. The summed E-state index contributed by atoms with van der Waals surface area (Å²) in [4.78, 5) is 15.3. The van der Waals surface area contributed by atoms with Gasteiger partial charge in [-0.1, -0.05) is 30.3 Å². The first kappa shape index (κ1) is 22.6. The normalized spacial score (nSPS) is 21.8. The molecule has 162 valence electrons. The van der Waals surface area contributed by atoms with Gasteiger partial charge < -0.3 is 9.47 Å². The molecule has 2 aromatic rings. The first-order valence-electron chi connectivity index (χ1n) is 10.3. The van der Waals surface area contributed by atoms with Crippen molar-refractivity contribution in [3.05, 3.63) is 59.2 Å². The molecule has 0 spiro atoms. The zero-order chi connectivity index (χ0) is 20.4. The molecule has 1 saturated heterocycles. The van der Waals surface area contributed by atoms with Gasteiger partial charge in [0.25, 0.3) is 0 Å². The monoisotopic (exact) mass is 433 g/mol. The van der Waals surface area contributed by atoms with Crippen molar-refractivity contribution in [3.8, 4) is 11.5 Å². The second-order valence-corrected chi connectivity index (χ2v) is 8.24. The zero-order valence-corrected chi connectivity index (χ0v) is 18.3. The number of methoxy groups -OCH3 is 2. The number of carbonyl (C=O) groups excluding carboxylic acids is 1. The Morgan fingerprint density at radius 2 is 1.70 bits per heavy atom. The van der Waals surface area contributed by atoms with Gasteiger partial charge in [-0.25, -0.2) is 4.39 Å². The van der Waals surface area contributed by atoms with Crippen LogP contribution in [0.3, 0.4) is 0 Å². The smallest absolute Gasteiger partial charge is 0.200 e. The Bertz CT molecular complexity index is 884. The van der Waals surface area contributed by atoms with Crippen molar-refractivity contribution in [2.45, 2.75) is 37.9 Å². The number of piperidine rings is 1. The highest BCUT2D eigenvalue weighted by molar-refractivity contribution is 6.07. The Kier molecular flexibility index (Phi) is 7.04. The molecule has 1 heterocycles. The van der Waals surface area contributed by atoms with E-state index in [9.17, 15) is 4.79 Å². The molecule has 0 N–H and O–H groups in total. The second-order valence-electron chi connectivity index (χ2n) is 8.24. The number of ether oxygens (including phenoxy) is 2. The van der Waals surface area contributed by atoms with Gasteiger partial charge in [-0.2, -0.15) is 0 Å². The maximum atomic E-state index is 15.8. The number of ketones is 1. The van der Waals surface area contributed by atoms with Gasteiger partial charge in [0, 0.05) is 18.5 Å². The molecule has 1 aliphatic heterocycles. The van der Waals surface area contributed by atoms with Crippen molar-refractivity contribution < 1.29 is 18.7 Å². The number of Topliss-reactive ketones (excluding diaryl/α,β-unsaturated/α-hetero) is 1. The highest BCUT2D eigenvalue weighted by Crippen LogP contribution is 2.43. The minimum atomic E-state index is -1.81. The summed E-state index contributed by atoms with van der Waals surface area (Å²) >= 11 is 0. The number of hydrogen-bond donors (Lipinski definition) is 0. The van der Waals surface area contributed by atoms with Crippen LogP contribution in [0.4, 0.5) is 4.39 Å². The standard InChI is InChI=1S/C24H28FNO3.ClH/c1-28-21-12-19-15-24(25,23(27)20(19)13-22(21)29-2)14-17-8-10-26(11-9-17)16-18-6-4-3-5-7-18;/h3-7,12-13,17H,8-11,14-16H2,1-2H3;1H. The van der Waals surface area contributed by atoms with Crippen LogP contribution in [0.25, 0.3) is 0 Å². The molecule has 1 aliphatic carbocycles. The Morgan fingerprint density at radius 3 is 2.33 bits per heavy atom. The Balaban J connectivity index is 0.00000256. The average Bonchev–Trinajstić information content (AvgIpc) is 2.98. The largest absolute Gasteiger partial charge is 0.493 e. The molecule has 0 aromatic heterocycles. The highest BCUT2D eigenvalue weighted by Gasteiger charge is 2.48. The number of halogens is 2. The van der Waals surface area contributed by atoms with E-state index in [2.05, 4.69) is 29.2 Å². The summed E-state index contributed by atoms with van der Waals surface area (Å²) < 4.78 is 26.3. The lowest BCUT2D eigenvalue weighted by Gasteiger charge is -2.34. The predicted molar refractivity (Wildman–Crippen MR) is 118 cm³/mol. The average molecular weight is 434 g/mol. The minimum absolute atomic E-state index is 0. The van der Waals surface area contributed by atoms with Crippen LogP contribution >= 0.6 is 12.4 Å². The number of fused-ring (bicyclic) bond motifs is 1. The molecular formula is C24H29ClFNO3. The zero-order valence-electron chi connectivity index (χ0n) is 17.5. The molecule has 2 aromatic carbocycles. The Labute approximate surface area is 183 Å². The van der Waals surface area contributed by atoms with Gasteiger partial charge in [-0.15, -0.1) is 12.4 Å². The summed E-state index contributed by atoms with van der Waals surface area (Å²) in [5, 5.41) is 0. The number of hydrogen-bond acceptors (Lipinski definition) is 4. The third kappa shape index (κ3) is 4.47. The number of likely N-dealkylation sites (tertiary alicyclic amines) is 1. The first-order chi connectivity index (χ1) is 14.0. The molecule has 4 rings (SSSR count). The third-order valence-electron chi connectivity index (χ3n) is 6.30. The van der Waals surface area contributed by atoms with Crippen molar-refractivity contribution in [1.82, 2.24) is 4.90 Å². The van der Waals surface area contributed by atoms with E-state index >= 15 is 4.39 Å². The second kappa shape index (κ2) is 9.36. The Morgan fingerprint density at radius 1 is 1.07 bits per heavy atom. The van der Waals surface area contributed by atoms with Gasteiger partial charge >= 0.3 is 0 Å². The van der Waals surface area contributed by atoms with Crippen molar-refractivity contribution >= 4 is 18.2 Å². The molecular weight excluding hydrogens is 405 g/mol. The van der Waals surface area contributed by atoms with E-state index in [1.54, 1.807) is 19.2 Å². The van der Waals surface area contributed by atoms with Crippen LogP contribution in [0.5, 0.6) is 11.5 Å². The number of nitrogens with zero attached hydrogens (tertiary/aromatic N) is 1. The van der Waals surface area contributed by atoms with Crippen LogP contribution < -0.4 is 9.47 Å². The first-order valence-corrected chi connectivity index (χ1v) is 10.3. The molecule has 0 amide bonds. The molecule has 6 heteroatoms. The summed E-state index contributed by atoms with van der Waals surface area (Å²) in [5.74, 6) is 0.838. The topological polar surface area (TPSA) is 38.8 Å². The minimum Gasteiger partial charge on any atom is -0.493 e. The molecule has 0 saturated carbocycles. The maximum absolute atomic E-state index is 15.8. The molecule has 1 fully saturated rings. The molecule has 2 aliphatic rings. The fraction of sp³-hybridized carbons (Fsp3) is 0.458. The van der Waals surface area contributed by atoms with E-state index in [-0.39, 0.29) is 24.7 Å². The molecule has 0 radical (unpaired) electrons. The van der Waals surface area contributed by atoms with Crippen molar-refractivity contribution in [1.29, 1.82) is 0 Å². The molecule has 1 unspecified atom stereocenters. The summed E-state index contributed by atoms with van der Waals surface area (Å²) in [6.45, 7) is 2.81. The van der Waals surface area contributed by atoms with Crippen molar-refractivity contribution in [2.24, 2.45) is 5.92 Å². The molecule has 4 nitrogen and oxygen atoms in total. The lowest BCUT2D eigenvalue weighted by Crippen LogP contribution is -2.38. The van der Waals surface area contributed by atoms with Gasteiger partial charge in [0.15, 0.2) is 17.2 Å². The van der Waals surface area contributed by atoms with E-state index in [0.717, 1.165) is 38.0 Å². The van der Waals surface area contributed by atoms with E-state index in [4.69, 9.17) is 9.47 Å². The van der Waals surface area contributed by atoms with Gasteiger partial charge in [0.1, 0.15) is 0 Å². The molecule has 1 atom stereocenters. The number of rotatable bonds is 6. The predicted octanol–water partition coefficient (Wildman–Crippen LogP) is 4.88. The third-order valence-corrected chi connectivity index (χ3v) is 6.30. The van der Waals surface area contributed by atoms with Crippen molar-refractivity contribution in [3.63, 3.8) is 0 Å². The fourth-order valence-electron chi connectivity index (χ4n) is 4.71. The Hall–Kier alpha value is -2.11. The summed E-state index contributed by atoms with van der Waals surface area (Å²) in [6.07, 6.45) is 2.28.